The van der Waals surface area contributed by atoms with Crippen LogP contribution in [0, 0.1) is 0 Å². The number of esters is 1. The molecule has 1 atom stereocenters. The van der Waals surface area contributed by atoms with Gasteiger partial charge >= 0.3 is 11.9 Å². The highest BCUT2D eigenvalue weighted by Gasteiger charge is 2.42. The molecule has 1 N–H and O–H groups in total. The van der Waals surface area contributed by atoms with Crippen molar-refractivity contribution in [2.45, 2.75) is 19.9 Å². The van der Waals surface area contributed by atoms with Crippen molar-refractivity contribution in [3.8, 4) is 5.75 Å². The van der Waals surface area contributed by atoms with E-state index in [1.165, 1.54) is 16.6 Å². The Labute approximate surface area is 137 Å². The Morgan fingerprint density at radius 1 is 1.29 bits per heavy atom. The van der Waals surface area contributed by atoms with Crippen molar-refractivity contribution in [1.29, 1.82) is 0 Å². The summed E-state index contributed by atoms with van der Waals surface area (Å²) in [5, 5.41) is 9.50. The second kappa shape index (κ2) is 6.34. The number of likely N-dealkylation sites (N-methyl/N-ethyl adjacent to an activating group) is 1. The first-order chi connectivity index (χ1) is 11.3. The van der Waals surface area contributed by atoms with Gasteiger partial charge in [-0.05, 0) is 13.8 Å². The maximum atomic E-state index is 12.6. The minimum Gasteiger partial charge on any atom is -0.493 e. The van der Waals surface area contributed by atoms with Gasteiger partial charge in [0.2, 0.25) is 0 Å². The number of carboxylic acid groups (broad SMARTS) is 1. The zero-order chi connectivity index (χ0) is 18.2. The molecular formula is C15H18N2O7. The van der Waals surface area contributed by atoms with E-state index in [0.717, 1.165) is 7.11 Å². The van der Waals surface area contributed by atoms with Crippen LogP contribution in [0.1, 0.15) is 51.2 Å². The standard InChI is InChI=1S/C15H18N2O7/c1-5-16-6-7(2)17-9(11(18)15(22)24-4)8(14(20)21)12(23-3)10(17)13(16)19/h7H,5-6H2,1-4H3,(H,20,21)/t7-/m0/s1. The predicted molar refractivity (Wildman–Crippen MR) is 80.6 cm³/mol. The third-order valence-corrected chi connectivity index (χ3v) is 3.96. The first-order valence-electron chi connectivity index (χ1n) is 7.27. The number of fused-ring (bicyclic) bond motifs is 1. The normalized spacial score (nSPS) is 16.6. The molecule has 0 aliphatic carbocycles. The van der Waals surface area contributed by atoms with Crippen molar-refractivity contribution < 1.29 is 33.8 Å². The number of carbonyl (C=O) groups is 4. The summed E-state index contributed by atoms with van der Waals surface area (Å²) in [5.74, 6) is -4.50. The van der Waals surface area contributed by atoms with Crippen LogP contribution in [0.4, 0.5) is 0 Å². The molecule has 0 unspecified atom stereocenters. The number of rotatable bonds is 5. The number of hydrogen-bond acceptors (Lipinski definition) is 6. The third-order valence-electron chi connectivity index (χ3n) is 3.96. The van der Waals surface area contributed by atoms with Crippen LogP contribution in [-0.4, -0.2) is 65.5 Å². The number of aromatic carboxylic acids is 1. The van der Waals surface area contributed by atoms with E-state index in [4.69, 9.17) is 4.74 Å². The number of ketones is 1. The van der Waals surface area contributed by atoms with Gasteiger partial charge in [0.15, 0.2) is 11.4 Å². The Hall–Kier alpha value is -2.84. The van der Waals surface area contributed by atoms with Crippen molar-refractivity contribution in [2.24, 2.45) is 0 Å². The van der Waals surface area contributed by atoms with E-state index in [0.29, 0.717) is 6.54 Å². The molecular weight excluding hydrogens is 320 g/mol. The number of methoxy groups -OCH3 is 2. The lowest BCUT2D eigenvalue weighted by Gasteiger charge is -2.33. The minimum absolute atomic E-state index is 0.0530. The van der Waals surface area contributed by atoms with Gasteiger partial charge < -0.3 is 24.0 Å². The number of Topliss-reactive ketones (excluding diaryl/α,β-unsaturated/α-hetero) is 1. The molecule has 0 radical (unpaired) electrons. The van der Waals surface area contributed by atoms with Gasteiger partial charge in [-0.25, -0.2) is 9.59 Å². The summed E-state index contributed by atoms with van der Waals surface area (Å²) in [5.41, 5.74) is -0.971. The Kier molecular flexibility index (Phi) is 4.63. The molecule has 130 valence electrons. The number of amides is 1. The lowest BCUT2D eigenvalue weighted by Crippen LogP contribution is -2.43. The third kappa shape index (κ3) is 2.41. The van der Waals surface area contributed by atoms with Crippen LogP contribution in [0.2, 0.25) is 0 Å². The van der Waals surface area contributed by atoms with Gasteiger partial charge in [0.1, 0.15) is 11.3 Å². The summed E-state index contributed by atoms with van der Waals surface area (Å²) in [7, 11) is 2.23. The molecule has 24 heavy (non-hydrogen) atoms. The fourth-order valence-electron chi connectivity index (χ4n) is 2.92. The van der Waals surface area contributed by atoms with Gasteiger partial charge in [-0.1, -0.05) is 0 Å². The van der Waals surface area contributed by atoms with Crippen LogP contribution in [0.3, 0.4) is 0 Å². The number of carboxylic acids is 1. The zero-order valence-electron chi connectivity index (χ0n) is 13.8. The van der Waals surface area contributed by atoms with Crippen LogP contribution in [-0.2, 0) is 9.53 Å². The molecule has 0 aromatic carbocycles. The van der Waals surface area contributed by atoms with Crippen molar-refractivity contribution in [3.63, 3.8) is 0 Å². The Balaban J connectivity index is 2.86. The molecule has 0 fully saturated rings. The maximum absolute atomic E-state index is 12.6. The lowest BCUT2D eigenvalue weighted by molar-refractivity contribution is -0.135. The van der Waals surface area contributed by atoms with Crippen LogP contribution >= 0.6 is 0 Å². The van der Waals surface area contributed by atoms with Crippen molar-refractivity contribution >= 4 is 23.6 Å². The van der Waals surface area contributed by atoms with Gasteiger partial charge in [0.05, 0.1) is 14.2 Å². The summed E-state index contributed by atoms with van der Waals surface area (Å²) in [6.07, 6.45) is 0. The summed E-state index contributed by atoms with van der Waals surface area (Å²) >= 11 is 0. The molecule has 1 amide bonds. The largest absolute Gasteiger partial charge is 0.493 e. The molecule has 1 aromatic heterocycles. The second-order valence-corrected chi connectivity index (χ2v) is 5.29. The molecule has 0 bridgehead atoms. The number of hydrogen-bond donors (Lipinski definition) is 1. The van der Waals surface area contributed by atoms with Crippen LogP contribution in [0.5, 0.6) is 5.75 Å². The van der Waals surface area contributed by atoms with Crippen LogP contribution < -0.4 is 4.74 Å². The first-order valence-corrected chi connectivity index (χ1v) is 7.27. The second-order valence-electron chi connectivity index (χ2n) is 5.29. The van der Waals surface area contributed by atoms with E-state index in [1.807, 2.05) is 0 Å². The molecule has 2 heterocycles. The van der Waals surface area contributed by atoms with E-state index >= 15 is 0 Å². The first kappa shape index (κ1) is 17.5. The average molecular weight is 338 g/mol. The highest BCUT2D eigenvalue weighted by molar-refractivity contribution is 6.42. The minimum atomic E-state index is -1.47. The predicted octanol–water partition coefficient (Wildman–Crippen LogP) is 0.587. The average Bonchev–Trinajstić information content (AvgIpc) is 2.92. The molecule has 1 aliphatic heterocycles. The number of nitrogens with zero attached hydrogens (tertiary/aromatic N) is 2. The Bertz CT molecular complexity index is 735. The zero-order valence-corrected chi connectivity index (χ0v) is 13.8. The summed E-state index contributed by atoms with van der Waals surface area (Å²) in [6.45, 7) is 4.20. The van der Waals surface area contributed by atoms with E-state index < -0.39 is 40.9 Å². The molecule has 0 spiro atoms. The molecule has 1 aliphatic rings. The van der Waals surface area contributed by atoms with Crippen molar-refractivity contribution in [2.75, 3.05) is 27.3 Å². The molecule has 0 saturated carbocycles. The Morgan fingerprint density at radius 3 is 2.38 bits per heavy atom. The topological polar surface area (TPSA) is 115 Å². The van der Waals surface area contributed by atoms with Crippen LogP contribution in [0.15, 0.2) is 0 Å². The maximum Gasteiger partial charge on any atom is 0.381 e. The summed E-state index contributed by atoms with van der Waals surface area (Å²) in [6, 6.07) is -0.414. The number of ether oxygens (including phenoxy) is 2. The van der Waals surface area contributed by atoms with Gasteiger partial charge in [-0.2, -0.15) is 0 Å². The fraction of sp³-hybridized carbons (Fsp3) is 0.467. The number of carbonyl (C=O) groups excluding carboxylic acids is 3. The van der Waals surface area contributed by atoms with Crippen LogP contribution in [0.25, 0.3) is 0 Å². The van der Waals surface area contributed by atoms with Gasteiger partial charge in [-0.15, -0.1) is 0 Å². The molecule has 0 saturated heterocycles. The van der Waals surface area contributed by atoms with E-state index in [2.05, 4.69) is 4.74 Å². The lowest BCUT2D eigenvalue weighted by atomic mass is 10.1. The van der Waals surface area contributed by atoms with E-state index in [-0.39, 0.29) is 18.0 Å². The highest BCUT2D eigenvalue weighted by atomic mass is 16.5. The van der Waals surface area contributed by atoms with Gasteiger partial charge in [0, 0.05) is 19.1 Å². The van der Waals surface area contributed by atoms with E-state index in [9.17, 15) is 24.3 Å². The molecule has 1 aromatic rings. The SMILES string of the molecule is CCN1C[C@H](C)n2c(c(OC)c(C(=O)O)c2C(=O)C(=O)OC)C1=O. The quantitative estimate of drug-likeness (QED) is 0.474. The monoisotopic (exact) mass is 338 g/mol. The summed E-state index contributed by atoms with van der Waals surface area (Å²) in [4.78, 5) is 49.9. The Morgan fingerprint density at radius 2 is 1.92 bits per heavy atom. The highest BCUT2D eigenvalue weighted by Crippen LogP contribution is 2.37. The van der Waals surface area contributed by atoms with Crippen molar-refractivity contribution in [1.82, 2.24) is 9.47 Å². The van der Waals surface area contributed by atoms with Gasteiger partial charge in [-0.3, -0.25) is 9.59 Å². The number of aromatic nitrogens is 1. The fourth-order valence-corrected chi connectivity index (χ4v) is 2.92. The molecule has 2 rings (SSSR count). The smallest absolute Gasteiger partial charge is 0.381 e. The van der Waals surface area contributed by atoms with Crippen molar-refractivity contribution in [3.05, 3.63) is 17.0 Å². The molecule has 9 nitrogen and oxygen atoms in total. The summed E-state index contributed by atoms with van der Waals surface area (Å²) < 4.78 is 10.8. The molecule has 9 heteroatoms. The van der Waals surface area contributed by atoms with E-state index in [1.54, 1.807) is 13.8 Å². The van der Waals surface area contributed by atoms with Gasteiger partial charge in [0.25, 0.3) is 11.7 Å².